The van der Waals surface area contributed by atoms with Crippen molar-refractivity contribution < 1.29 is 18.0 Å². The van der Waals surface area contributed by atoms with Gasteiger partial charge in [-0.1, -0.05) is 0 Å². The molecule has 0 spiro atoms. The highest BCUT2D eigenvalue weighted by molar-refractivity contribution is 5.96. The minimum absolute atomic E-state index is 0.188. The summed E-state index contributed by atoms with van der Waals surface area (Å²) in [6.45, 7) is 2.55. The molecule has 15 heavy (non-hydrogen) atoms. The van der Waals surface area contributed by atoms with Crippen molar-refractivity contribution in [3.63, 3.8) is 0 Å². The lowest BCUT2D eigenvalue weighted by atomic mass is 10.00. The van der Waals surface area contributed by atoms with Gasteiger partial charge in [0.05, 0.1) is 5.56 Å². The highest BCUT2D eigenvalue weighted by Gasteiger charge is 2.34. The fourth-order valence-corrected chi connectivity index (χ4v) is 1.25. The van der Waals surface area contributed by atoms with Crippen molar-refractivity contribution in [3.05, 3.63) is 28.8 Å². The van der Waals surface area contributed by atoms with Crippen LogP contribution in [0.25, 0.3) is 0 Å². The second kappa shape index (κ2) is 3.56. The lowest BCUT2D eigenvalue weighted by Gasteiger charge is -2.13. The van der Waals surface area contributed by atoms with Gasteiger partial charge in [0.2, 0.25) is 0 Å². The fraction of sp³-hybridized carbons (Fsp3) is 0.300. The van der Waals surface area contributed by atoms with Crippen LogP contribution in [-0.2, 0) is 6.18 Å². The second-order valence-corrected chi connectivity index (χ2v) is 3.31. The van der Waals surface area contributed by atoms with E-state index in [0.717, 1.165) is 19.1 Å². The topological polar surface area (TPSA) is 43.1 Å². The van der Waals surface area contributed by atoms with Crippen LogP contribution in [0, 0.1) is 6.92 Å². The number of alkyl halides is 3. The summed E-state index contributed by atoms with van der Waals surface area (Å²) < 4.78 is 37.6. The van der Waals surface area contributed by atoms with Gasteiger partial charge in [-0.3, -0.25) is 4.79 Å². The first kappa shape index (κ1) is 11.6. The first-order valence-electron chi connectivity index (χ1n) is 4.21. The van der Waals surface area contributed by atoms with Crippen molar-refractivity contribution in [3.8, 4) is 0 Å². The van der Waals surface area contributed by atoms with E-state index in [1.54, 1.807) is 0 Å². The highest BCUT2D eigenvalue weighted by Crippen LogP contribution is 2.34. The number of Topliss-reactive ketones (excluding diaryl/α,β-unsaturated/α-hetero) is 1. The number of hydrogen-bond donors (Lipinski definition) is 1. The van der Waals surface area contributed by atoms with Crippen molar-refractivity contribution >= 4 is 11.5 Å². The molecule has 0 heterocycles. The van der Waals surface area contributed by atoms with E-state index < -0.39 is 17.5 Å². The molecule has 0 unspecified atom stereocenters. The lowest BCUT2D eigenvalue weighted by molar-refractivity contribution is -0.137. The van der Waals surface area contributed by atoms with E-state index in [9.17, 15) is 18.0 Å². The Bertz CT molecular complexity index is 410. The van der Waals surface area contributed by atoms with Gasteiger partial charge < -0.3 is 5.73 Å². The van der Waals surface area contributed by atoms with Crippen molar-refractivity contribution in [2.24, 2.45) is 0 Å². The molecule has 1 rings (SSSR count). The number of benzene rings is 1. The smallest absolute Gasteiger partial charge is 0.398 e. The van der Waals surface area contributed by atoms with Crippen LogP contribution in [0.5, 0.6) is 0 Å². The molecule has 2 N–H and O–H groups in total. The van der Waals surface area contributed by atoms with Gasteiger partial charge in [-0.25, -0.2) is 0 Å². The van der Waals surface area contributed by atoms with Crippen LogP contribution in [0.3, 0.4) is 0 Å². The van der Waals surface area contributed by atoms with E-state index in [1.165, 1.54) is 6.92 Å². The summed E-state index contributed by atoms with van der Waals surface area (Å²) in [4.78, 5) is 11.0. The number of carbonyl (C=O) groups excluding carboxylic acids is 1. The average molecular weight is 217 g/mol. The van der Waals surface area contributed by atoms with Gasteiger partial charge in [0.25, 0.3) is 0 Å². The lowest BCUT2D eigenvalue weighted by Crippen LogP contribution is -2.13. The summed E-state index contributed by atoms with van der Waals surface area (Å²) in [7, 11) is 0. The summed E-state index contributed by atoms with van der Waals surface area (Å²) in [5, 5.41) is 0. The van der Waals surface area contributed by atoms with Crippen LogP contribution in [0.4, 0.5) is 18.9 Å². The number of nitrogens with two attached hydrogens (primary N) is 1. The summed E-state index contributed by atoms with van der Waals surface area (Å²) in [6.07, 6.45) is -4.53. The average Bonchev–Trinajstić information content (AvgIpc) is 2.06. The number of carbonyl (C=O) groups is 1. The molecule has 0 radical (unpaired) electrons. The van der Waals surface area contributed by atoms with Crippen molar-refractivity contribution in [2.45, 2.75) is 20.0 Å². The third kappa shape index (κ3) is 2.29. The Hall–Kier alpha value is -1.52. The Morgan fingerprint density at radius 3 is 2.27 bits per heavy atom. The van der Waals surface area contributed by atoms with Gasteiger partial charge in [0, 0.05) is 11.3 Å². The second-order valence-electron chi connectivity index (χ2n) is 3.31. The van der Waals surface area contributed by atoms with Crippen molar-refractivity contribution in [1.82, 2.24) is 0 Å². The number of hydrogen-bond acceptors (Lipinski definition) is 2. The maximum absolute atomic E-state index is 12.5. The summed E-state index contributed by atoms with van der Waals surface area (Å²) in [5.41, 5.74) is 4.64. The van der Waals surface area contributed by atoms with Gasteiger partial charge in [-0.05, 0) is 31.5 Å². The molecule has 0 bridgehead atoms. The van der Waals surface area contributed by atoms with Gasteiger partial charge >= 0.3 is 6.18 Å². The molecule has 0 aliphatic rings. The number of aryl methyl sites for hydroxylation is 1. The van der Waals surface area contributed by atoms with Gasteiger partial charge in [-0.15, -0.1) is 0 Å². The Morgan fingerprint density at radius 2 is 1.87 bits per heavy atom. The minimum Gasteiger partial charge on any atom is -0.398 e. The summed E-state index contributed by atoms with van der Waals surface area (Å²) in [5.74, 6) is -0.644. The molecule has 1 aromatic carbocycles. The van der Waals surface area contributed by atoms with Crippen molar-refractivity contribution in [1.29, 1.82) is 0 Å². The molecule has 0 amide bonds. The predicted molar refractivity (Wildman–Crippen MR) is 50.6 cm³/mol. The monoisotopic (exact) mass is 217 g/mol. The molecule has 0 saturated carbocycles. The number of anilines is 1. The maximum atomic E-state index is 12.5. The summed E-state index contributed by atoms with van der Waals surface area (Å²) in [6, 6.07) is 1.96. The zero-order chi connectivity index (χ0) is 11.8. The number of halogens is 3. The van der Waals surface area contributed by atoms with Crippen LogP contribution < -0.4 is 5.73 Å². The van der Waals surface area contributed by atoms with Gasteiger partial charge in [-0.2, -0.15) is 13.2 Å². The molecular formula is C10H10F3NO. The van der Waals surface area contributed by atoms with Crippen LogP contribution in [-0.4, -0.2) is 5.78 Å². The molecule has 1 aromatic rings. The molecular weight excluding hydrogens is 207 g/mol. The zero-order valence-electron chi connectivity index (χ0n) is 8.27. The van der Waals surface area contributed by atoms with Crippen molar-refractivity contribution in [2.75, 3.05) is 5.73 Å². The predicted octanol–water partition coefficient (Wildman–Crippen LogP) is 2.80. The van der Waals surface area contributed by atoms with Crippen LogP contribution in [0.2, 0.25) is 0 Å². The van der Waals surface area contributed by atoms with E-state index in [0.29, 0.717) is 5.56 Å². The third-order valence-electron chi connectivity index (χ3n) is 2.09. The normalized spacial score (nSPS) is 11.5. The standard InChI is InChI=1S/C10H10F3NO/c1-5-3-8(10(11,12)13)7(6(2)15)4-9(5)14/h3-4H,14H2,1-2H3. The Balaban J connectivity index is 3.49. The number of rotatable bonds is 1. The fourth-order valence-electron chi connectivity index (χ4n) is 1.25. The molecule has 5 heteroatoms. The maximum Gasteiger partial charge on any atom is 0.417 e. The van der Waals surface area contributed by atoms with E-state index in [2.05, 4.69) is 0 Å². The van der Waals surface area contributed by atoms with Crippen LogP contribution >= 0.6 is 0 Å². The quantitative estimate of drug-likeness (QED) is 0.580. The first-order chi connectivity index (χ1) is 6.73. The van der Waals surface area contributed by atoms with E-state index in [-0.39, 0.29) is 11.3 Å². The Morgan fingerprint density at radius 1 is 1.33 bits per heavy atom. The van der Waals surface area contributed by atoms with E-state index in [4.69, 9.17) is 5.73 Å². The Labute approximate surface area is 84.9 Å². The molecule has 82 valence electrons. The molecule has 2 nitrogen and oxygen atoms in total. The van der Waals surface area contributed by atoms with E-state index in [1.807, 2.05) is 0 Å². The van der Waals surface area contributed by atoms with Crippen LogP contribution in [0.15, 0.2) is 12.1 Å². The number of nitrogen functional groups attached to an aromatic ring is 1. The van der Waals surface area contributed by atoms with Crippen LogP contribution in [0.1, 0.15) is 28.4 Å². The molecule has 0 aliphatic carbocycles. The first-order valence-corrected chi connectivity index (χ1v) is 4.21. The molecule has 0 atom stereocenters. The SMILES string of the molecule is CC(=O)c1cc(N)c(C)cc1C(F)(F)F. The molecule has 0 fully saturated rings. The van der Waals surface area contributed by atoms with Gasteiger partial charge in [0.1, 0.15) is 0 Å². The largest absolute Gasteiger partial charge is 0.417 e. The van der Waals surface area contributed by atoms with E-state index >= 15 is 0 Å². The minimum atomic E-state index is -4.53. The third-order valence-corrected chi connectivity index (χ3v) is 2.09. The number of ketones is 1. The molecule has 0 aromatic heterocycles. The zero-order valence-corrected chi connectivity index (χ0v) is 8.27. The van der Waals surface area contributed by atoms with Gasteiger partial charge in [0.15, 0.2) is 5.78 Å². The summed E-state index contributed by atoms with van der Waals surface area (Å²) >= 11 is 0. The highest BCUT2D eigenvalue weighted by atomic mass is 19.4. The Kier molecular flexibility index (Phi) is 2.75. The molecule has 0 aliphatic heterocycles. The molecule has 0 saturated heterocycles.